The molecule has 0 aliphatic rings. The minimum Gasteiger partial charge on any atom is -0.497 e. The molecule has 0 radical (unpaired) electrons. The zero-order chi connectivity index (χ0) is 17.4. The molecule has 0 saturated carbocycles. The second-order valence-corrected chi connectivity index (χ2v) is 6.53. The molecular formula is C19H22O4S. The highest BCUT2D eigenvalue weighted by atomic mass is 32.2. The van der Waals surface area contributed by atoms with Crippen molar-refractivity contribution in [2.24, 2.45) is 0 Å². The van der Waals surface area contributed by atoms with E-state index in [1.807, 2.05) is 36.4 Å². The fraction of sp³-hybridized carbons (Fsp3) is 0.316. The fourth-order valence-electron chi connectivity index (χ4n) is 2.37. The van der Waals surface area contributed by atoms with Crippen LogP contribution in [0, 0.1) is 0 Å². The Hall–Kier alpha value is -1.98. The number of hydrogen-bond donors (Lipinski definition) is 1. The molecule has 0 aromatic heterocycles. The standard InChI is InChI=1S/C19H22O4S/c1-22-16-8-6-14(7-9-16)19(24-11-10-20)13-18(21)15-4-3-5-17(12-15)23-2/h3-9,12,19-20H,10-11,13H2,1-2H3. The quantitative estimate of drug-likeness (QED) is 0.701. The summed E-state index contributed by atoms with van der Waals surface area (Å²) in [6.07, 6.45) is 0.365. The van der Waals surface area contributed by atoms with Crippen molar-refractivity contribution in [1.29, 1.82) is 0 Å². The van der Waals surface area contributed by atoms with Gasteiger partial charge in [-0.25, -0.2) is 0 Å². The molecule has 0 aliphatic heterocycles. The third-order valence-electron chi connectivity index (χ3n) is 3.66. The summed E-state index contributed by atoms with van der Waals surface area (Å²) in [7, 11) is 3.21. The maximum atomic E-state index is 12.6. The molecule has 1 unspecified atom stereocenters. The summed E-state index contributed by atoms with van der Waals surface area (Å²) in [6.45, 7) is 0.0880. The molecule has 2 aromatic rings. The van der Waals surface area contributed by atoms with Gasteiger partial charge in [-0.3, -0.25) is 4.79 Å². The highest BCUT2D eigenvalue weighted by Gasteiger charge is 2.18. The Morgan fingerprint density at radius 1 is 1.08 bits per heavy atom. The van der Waals surface area contributed by atoms with Crippen LogP contribution in [0.5, 0.6) is 11.5 Å². The normalized spacial score (nSPS) is 11.8. The van der Waals surface area contributed by atoms with Crippen LogP contribution in [0.4, 0.5) is 0 Å². The van der Waals surface area contributed by atoms with Gasteiger partial charge in [0.1, 0.15) is 11.5 Å². The molecule has 0 spiro atoms. The number of ether oxygens (including phenoxy) is 2. The van der Waals surface area contributed by atoms with Crippen LogP contribution in [0.2, 0.25) is 0 Å². The molecule has 2 rings (SSSR count). The van der Waals surface area contributed by atoms with Crippen LogP contribution in [-0.2, 0) is 0 Å². The van der Waals surface area contributed by atoms with Gasteiger partial charge in [-0.1, -0.05) is 24.3 Å². The van der Waals surface area contributed by atoms with Gasteiger partial charge in [0.05, 0.1) is 20.8 Å². The van der Waals surface area contributed by atoms with Gasteiger partial charge in [0.25, 0.3) is 0 Å². The van der Waals surface area contributed by atoms with Gasteiger partial charge in [-0.05, 0) is 29.8 Å². The largest absolute Gasteiger partial charge is 0.497 e. The van der Waals surface area contributed by atoms with Crippen molar-refractivity contribution in [1.82, 2.24) is 0 Å². The lowest BCUT2D eigenvalue weighted by Crippen LogP contribution is -2.07. The van der Waals surface area contributed by atoms with Gasteiger partial charge in [0.2, 0.25) is 0 Å². The molecular weight excluding hydrogens is 324 g/mol. The van der Waals surface area contributed by atoms with Crippen molar-refractivity contribution >= 4 is 17.5 Å². The Morgan fingerprint density at radius 3 is 2.42 bits per heavy atom. The van der Waals surface area contributed by atoms with E-state index in [0.717, 1.165) is 11.3 Å². The van der Waals surface area contributed by atoms with Gasteiger partial charge in [-0.15, -0.1) is 0 Å². The van der Waals surface area contributed by atoms with Crippen molar-refractivity contribution in [3.63, 3.8) is 0 Å². The van der Waals surface area contributed by atoms with Crippen molar-refractivity contribution < 1.29 is 19.4 Å². The lowest BCUT2D eigenvalue weighted by atomic mass is 10.0. The van der Waals surface area contributed by atoms with Crippen molar-refractivity contribution in [3.8, 4) is 11.5 Å². The number of Topliss-reactive ketones (excluding diaryl/α,β-unsaturated/α-hetero) is 1. The van der Waals surface area contributed by atoms with Crippen molar-refractivity contribution in [2.75, 3.05) is 26.6 Å². The molecule has 0 heterocycles. The SMILES string of the molecule is COc1ccc(C(CC(=O)c2cccc(OC)c2)SCCO)cc1. The average Bonchev–Trinajstić information content (AvgIpc) is 2.65. The van der Waals surface area contributed by atoms with E-state index in [4.69, 9.17) is 14.6 Å². The molecule has 5 heteroatoms. The number of aliphatic hydroxyl groups excluding tert-OH is 1. The number of hydrogen-bond acceptors (Lipinski definition) is 5. The molecule has 1 N–H and O–H groups in total. The third-order valence-corrected chi connectivity index (χ3v) is 4.92. The first-order valence-corrected chi connectivity index (χ1v) is 8.76. The summed E-state index contributed by atoms with van der Waals surface area (Å²) in [4.78, 5) is 12.6. The Morgan fingerprint density at radius 2 is 1.79 bits per heavy atom. The first-order valence-electron chi connectivity index (χ1n) is 7.71. The van der Waals surface area contributed by atoms with Crippen LogP contribution >= 0.6 is 11.8 Å². The average molecular weight is 346 g/mol. The van der Waals surface area contributed by atoms with Crippen LogP contribution in [0.25, 0.3) is 0 Å². The topological polar surface area (TPSA) is 55.8 Å². The third kappa shape index (κ3) is 5.01. The molecule has 2 aromatic carbocycles. The Labute approximate surface area is 146 Å². The van der Waals surface area contributed by atoms with E-state index in [0.29, 0.717) is 23.5 Å². The molecule has 0 bridgehead atoms. The number of rotatable bonds is 9. The second-order valence-electron chi connectivity index (χ2n) is 5.22. The first kappa shape index (κ1) is 18.4. The van der Waals surface area contributed by atoms with E-state index in [1.165, 1.54) is 0 Å². The van der Waals surface area contributed by atoms with Gasteiger partial charge >= 0.3 is 0 Å². The number of ketones is 1. The van der Waals surface area contributed by atoms with Gasteiger partial charge < -0.3 is 14.6 Å². The number of aliphatic hydroxyl groups is 1. The van der Waals surface area contributed by atoms with Crippen LogP contribution < -0.4 is 9.47 Å². The van der Waals surface area contributed by atoms with Crippen molar-refractivity contribution in [3.05, 3.63) is 59.7 Å². The van der Waals surface area contributed by atoms with Gasteiger partial charge in [-0.2, -0.15) is 11.8 Å². The van der Waals surface area contributed by atoms with Crippen molar-refractivity contribution in [2.45, 2.75) is 11.7 Å². The molecule has 0 saturated heterocycles. The van der Waals surface area contributed by atoms with E-state index in [2.05, 4.69) is 0 Å². The van der Waals surface area contributed by atoms with Gasteiger partial charge in [0.15, 0.2) is 5.78 Å². The van der Waals surface area contributed by atoms with Crippen LogP contribution in [0.3, 0.4) is 0 Å². The Kier molecular flexibility index (Phi) is 7.15. The monoisotopic (exact) mass is 346 g/mol. The summed E-state index contributed by atoms with van der Waals surface area (Å²) in [5.41, 5.74) is 1.68. The highest BCUT2D eigenvalue weighted by Crippen LogP contribution is 2.34. The van der Waals surface area contributed by atoms with Crippen LogP contribution in [-0.4, -0.2) is 37.5 Å². The first-order chi connectivity index (χ1) is 11.7. The Balaban J connectivity index is 2.15. The molecule has 0 aliphatic carbocycles. The zero-order valence-corrected chi connectivity index (χ0v) is 14.7. The zero-order valence-electron chi connectivity index (χ0n) is 13.9. The van der Waals surface area contributed by atoms with Gasteiger partial charge in [0, 0.05) is 23.0 Å². The molecule has 1 atom stereocenters. The Bertz CT molecular complexity index is 655. The highest BCUT2D eigenvalue weighted by molar-refractivity contribution is 7.99. The number of methoxy groups -OCH3 is 2. The van der Waals surface area contributed by atoms with E-state index in [1.54, 1.807) is 38.1 Å². The summed E-state index contributed by atoms with van der Waals surface area (Å²) < 4.78 is 10.4. The van der Waals surface area contributed by atoms with E-state index < -0.39 is 0 Å². The maximum absolute atomic E-state index is 12.6. The summed E-state index contributed by atoms with van der Waals surface area (Å²) in [5.74, 6) is 2.09. The maximum Gasteiger partial charge on any atom is 0.164 e. The lowest BCUT2D eigenvalue weighted by molar-refractivity contribution is 0.0981. The van der Waals surface area contributed by atoms with E-state index in [-0.39, 0.29) is 17.6 Å². The molecule has 128 valence electrons. The smallest absolute Gasteiger partial charge is 0.164 e. The lowest BCUT2D eigenvalue weighted by Gasteiger charge is -2.16. The second kappa shape index (κ2) is 9.35. The minimum absolute atomic E-state index is 0.0123. The minimum atomic E-state index is -0.0123. The predicted octanol–water partition coefficient (Wildman–Crippen LogP) is 3.74. The van der Waals surface area contributed by atoms with E-state index in [9.17, 15) is 4.79 Å². The summed E-state index contributed by atoms with van der Waals surface area (Å²) in [5, 5.41) is 9.11. The number of carbonyl (C=O) groups is 1. The fourth-order valence-corrected chi connectivity index (χ4v) is 3.38. The summed E-state index contributed by atoms with van der Waals surface area (Å²) >= 11 is 1.58. The van der Waals surface area contributed by atoms with Crippen LogP contribution in [0.15, 0.2) is 48.5 Å². The molecule has 0 fully saturated rings. The van der Waals surface area contributed by atoms with Crippen LogP contribution in [0.1, 0.15) is 27.6 Å². The molecule has 4 nitrogen and oxygen atoms in total. The molecule has 24 heavy (non-hydrogen) atoms. The predicted molar refractivity (Wildman–Crippen MR) is 97.2 cm³/mol. The molecule has 0 amide bonds. The summed E-state index contributed by atoms with van der Waals surface area (Å²) in [6, 6.07) is 14.9. The number of benzene rings is 2. The van der Waals surface area contributed by atoms with E-state index >= 15 is 0 Å². The number of thioether (sulfide) groups is 1. The number of carbonyl (C=O) groups excluding carboxylic acids is 1.